The molecule has 2 aromatic rings. The largest absolute Gasteiger partial charge is 0.476 e. The number of aliphatic carboxylic acids is 1. The summed E-state index contributed by atoms with van der Waals surface area (Å²) in [5.41, 5.74) is -0.0682. The molecule has 1 aromatic heterocycles. The van der Waals surface area contributed by atoms with Crippen LogP contribution in [-0.4, -0.2) is 23.9 Å². The first-order valence-electron chi connectivity index (χ1n) is 4.65. The third kappa shape index (κ3) is 1.99. The van der Waals surface area contributed by atoms with Gasteiger partial charge in [0.15, 0.2) is 5.71 Å². The summed E-state index contributed by atoms with van der Waals surface area (Å²) in [6, 6.07) is 4.58. The number of hydrogen-bond donors (Lipinski definition) is 1. The minimum absolute atomic E-state index is 0.234. The number of halogens is 1. The molecule has 0 aliphatic heterocycles. The molecule has 88 valence electrons. The van der Waals surface area contributed by atoms with Gasteiger partial charge in [-0.15, -0.1) is 11.3 Å². The van der Waals surface area contributed by atoms with Crippen molar-refractivity contribution in [1.82, 2.24) is 0 Å². The van der Waals surface area contributed by atoms with Gasteiger partial charge in [0.25, 0.3) is 0 Å². The number of carboxylic acid groups (broad SMARTS) is 1. The normalized spacial score (nSPS) is 11.8. The Morgan fingerprint density at radius 3 is 2.94 bits per heavy atom. The van der Waals surface area contributed by atoms with E-state index in [0.717, 1.165) is 0 Å². The van der Waals surface area contributed by atoms with Crippen molar-refractivity contribution in [2.75, 3.05) is 7.11 Å². The Kier molecular flexibility index (Phi) is 3.06. The minimum Gasteiger partial charge on any atom is -0.476 e. The molecule has 6 heteroatoms. The van der Waals surface area contributed by atoms with Gasteiger partial charge >= 0.3 is 5.97 Å². The lowest BCUT2D eigenvalue weighted by molar-refractivity contribution is -0.129. The van der Waals surface area contributed by atoms with E-state index in [4.69, 9.17) is 5.11 Å². The maximum absolute atomic E-state index is 13.7. The zero-order valence-corrected chi connectivity index (χ0v) is 9.62. The molecule has 0 saturated carbocycles. The SMILES string of the molecule is CO/N=C(\C(=O)O)c1csc2cccc(F)c12. The quantitative estimate of drug-likeness (QED) is 0.675. The van der Waals surface area contributed by atoms with Crippen molar-refractivity contribution in [2.24, 2.45) is 5.16 Å². The summed E-state index contributed by atoms with van der Waals surface area (Å²) in [5, 5.41) is 14.2. The van der Waals surface area contributed by atoms with Crippen LogP contribution in [0.5, 0.6) is 0 Å². The average molecular weight is 253 g/mol. The van der Waals surface area contributed by atoms with Crippen LogP contribution in [0.2, 0.25) is 0 Å². The zero-order valence-electron chi connectivity index (χ0n) is 8.81. The van der Waals surface area contributed by atoms with Crippen molar-refractivity contribution < 1.29 is 19.1 Å². The maximum Gasteiger partial charge on any atom is 0.358 e. The van der Waals surface area contributed by atoms with Crippen molar-refractivity contribution in [3.8, 4) is 0 Å². The lowest BCUT2D eigenvalue weighted by atomic mass is 10.1. The van der Waals surface area contributed by atoms with Gasteiger partial charge in [-0.25, -0.2) is 9.18 Å². The topological polar surface area (TPSA) is 58.9 Å². The van der Waals surface area contributed by atoms with Crippen molar-refractivity contribution in [1.29, 1.82) is 0 Å². The summed E-state index contributed by atoms with van der Waals surface area (Å²) < 4.78 is 14.3. The fourth-order valence-electron chi connectivity index (χ4n) is 1.51. The number of carbonyl (C=O) groups is 1. The summed E-state index contributed by atoms with van der Waals surface area (Å²) in [4.78, 5) is 15.5. The van der Waals surface area contributed by atoms with Crippen molar-refractivity contribution in [2.45, 2.75) is 0 Å². The van der Waals surface area contributed by atoms with Gasteiger partial charge in [0.2, 0.25) is 0 Å². The molecule has 0 bridgehead atoms. The molecule has 0 aliphatic rings. The molecular weight excluding hydrogens is 245 g/mol. The molecule has 0 atom stereocenters. The van der Waals surface area contributed by atoms with E-state index >= 15 is 0 Å². The van der Waals surface area contributed by atoms with E-state index in [0.29, 0.717) is 4.70 Å². The number of thiophene rings is 1. The molecule has 17 heavy (non-hydrogen) atoms. The molecule has 4 nitrogen and oxygen atoms in total. The first-order valence-corrected chi connectivity index (χ1v) is 5.53. The summed E-state index contributed by atoms with van der Waals surface area (Å²) in [7, 11) is 1.24. The summed E-state index contributed by atoms with van der Waals surface area (Å²) >= 11 is 1.26. The number of benzene rings is 1. The van der Waals surface area contributed by atoms with Gasteiger partial charge in [-0.1, -0.05) is 11.2 Å². The number of carboxylic acids is 1. The summed E-state index contributed by atoms with van der Waals surface area (Å²) in [6.07, 6.45) is 0. The Morgan fingerprint density at radius 1 is 1.53 bits per heavy atom. The van der Waals surface area contributed by atoms with Gasteiger partial charge in [-0.2, -0.15) is 0 Å². The molecule has 0 unspecified atom stereocenters. The number of oxime groups is 1. The van der Waals surface area contributed by atoms with Crippen molar-refractivity contribution in [3.63, 3.8) is 0 Å². The Balaban J connectivity index is 2.70. The lowest BCUT2D eigenvalue weighted by Crippen LogP contribution is -2.14. The van der Waals surface area contributed by atoms with Crippen LogP contribution < -0.4 is 0 Å². The van der Waals surface area contributed by atoms with Crippen LogP contribution in [0.25, 0.3) is 10.1 Å². The van der Waals surface area contributed by atoms with E-state index in [1.807, 2.05) is 0 Å². The van der Waals surface area contributed by atoms with E-state index in [1.165, 1.54) is 24.5 Å². The number of fused-ring (bicyclic) bond motifs is 1. The van der Waals surface area contributed by atoms with Gasteiger partial charge in [0.1, 0.15) is 12.9 Å². The van der Waals surface area contributed by atoms with Crippen LogP contribution in [0.15, 0.2) is 28.7 Å². The number of rotatable bonds is 3. The van der Waals surface area contributed by atoms with Gasteiger partial charge in [0, 0.05) is 21.0 Å². The van der Waals surface area contributed by atoms with Crippen LogP contribution in [-0.2, 0) is 9.63 Å². The highest BCUT2D eigenvalue weighted by Gasteiger charge is 2.20. The maximum atomic E-state index is 13.7. The number of nitrogens with zero attached hydrogens (tertiary/aromatic N) is 1. The fourth-order valence-corrected chi connectivity index (χ4v) is 2.47. The molecule has 0 radical (unpaired) electrons. The molecule has 0 saturated heterocycles. The average Bonchev–Trinajstić information content (AvgIpc) is 2.70. The summed E-state index contributed by atoms with van der Waals surface area (Å²) in [5.74, 6) is -1.72. The Bertz CT molecular complexity index is 606. The van der Waals surface area contributed by atoms with Gasteiger partial charge < -0.3 is 9.94 Å². The van der Waals surface area contributed by atoms with Crippen LogP contribution >= 0.6 is 11.3 Å². The van der Waals surface area contributed by atoms with E-state index in [2.05, 4.69) is 9.99 Å². The first kappa shape index (κ1) is 11.5. The van der Waals surface area contributed by atoms with Gasteiger partial charge in [-0.05, 0) is 12.1 Å². The van der Waals surface area contributed by atoms with E-state index in [9.17, 15) is 9.18 Å². The molecule has 0 aliphatic carbocycles. The van der Waals surface area contributed by atoms with E-state index in [1.54, 1.807) is 17.5 Å². The van der Waals surface area contributed by atoms with Crippen molar-refractivity contribution >= 4 is 33.1 Å². The second kappa shape index (κ2) is 4.50. The molecule has 0 spiro atoms. The smallest absolute Gasteiger partial charge is 0.358 e. The Labute approximate surface area is 99.9 Å². The van der Waals surface area contributed by atoms with Crippen LogP contribution in [0, 0.1) is 5.82 Å². The van der Waals surface area contributed by atoms with E-state index in [-0.39, 0.29) is 16.7 Å². The molecule has 1 N–H and O–H groups in total. The van der Waals surface area contributed by atoms with Crippen LogP contribution in [0.4, 0.5) is 4.39 Å². The third-order valence-electron chi connectivity index (χ3n) is 2.19. The Morgan fingerprint density at radius 2 is 2.29 bits per heavy atom. The first-order chi connectivity index (χ1) is 8.15. The van der Waals surface area contributed by atoms with Gasteiger partial charge in [-0.3, -0.25) is 0 Å². The highest BCUT2D eigenvalue weighted by atomic mass is 32.1. The lowest BCUT2D eigenvalue weighted by Gasteiger charge is -2.00. The molecular formula is C11H8FNO3S. The Hall–Kier alpha value is -1.95. The molecule has 2 rings (SSSR count). The van der Waals surface area contributed by atoms with Crippen LogP contribution in [0.1, 0.15) is 5.56 Å². The molecule has 1 heterocycles. The third-order valence-corrected chi connectivity index (χ3v) is 3.14. The molecule has 0 amide bonds. The van der Waals surface area contributed by atoms with Crippen molar-refractivity contribution in [3.05, 3.63) is 35.0 Å². The van der Waals surface area contributed by atoms with E-state index < -0.39 is 11.8 Å². The number of hydrogen-bond acceptors (Lipinski definition) is 4. The second-order valence-corrected chi connectivity index (χ2v) is 4.10. The highest BCUT2D eigenvalue weighted by molar-refractivity contribution is 7.17. The zero-order chi connectivity index (χ0) is 12.4. The highest BCUT2D eigenvalue weighted by Crippen LogP contribution is 2.28. The minimum atomic E-state index is -1.25. The second-order valence-electron chi connectivity index (χ2n) is 3.19. The predicted octanol–water partition coefficient (Wildman–Crippen LogP) is 2.48. The monoisotopic (exact) mass is 253 g/mol. The molecule has 1 aromatic carbocycles. The summed E-state index contributed by atoms with van der Waals surface area (Å²) in [6.45, 7) is 0. The van der Waals surface area contributed by atoms with Crippen LogP contribution in [0.3, 0.4) is 0 Å². The standard InChI is InChI=1S/C11H8FNO3S/c1-16-13-10(11(14)15)6-5-17-8-4-2-3-7(12)9(6)8/h2-5H,1H3,(H,14,15)/b13-10-. The molecule has 0 fully saturated rings. The fraction of sp³-hybridized carbons (Fsp3) is 0.0909. The predicted molar refractivity (Wildman–Crippen MR) is 63.0 cm³/mol. The van der Waals surface area contributed by atoms with Gasteiger partial charge in [0.05, 0.1) is 0 Å².